The number of carboxylic acid groups (broad SMARTS) is 2. The zero-order valence-corrected chi connectivity index (χ0v) is 31.2. The molecule has 0 radical (unpaired) electrons. The zero-order valence-electron chi connectivity index (χ0n) is 24.4. The van der Waals surface area contributed by atoms with E-state index in [4.69, 9.17) is 0 Å². The van der Waals surface area contributed by atoms with Crippen LogP contribution in [0.4, 0.5) is 0 Å². The third-order valence-corrected chi connectivity index (χ3v) is 15.3. The van der Waals surface area contributed by atoms with Crippen LogP contribution in [0, 0.1) is 0 Å². The molecule has 6 aromatic carbocycles. The first-order valence-corrected chi connectivity index (χ1v) is 21.0. The van der Waals surface area contributed by atoms with Gasteiger partial charge in [0.25, 0.3) is 0 Å². The van der Waals surface area contributed by atoms with Gasteiger partial charge in [-0.2, -0.15) is 0 Å². The Hall–Kier alpha value is -3.66. The minimum absolute atomic E-state index is 0.00222. The van der Waals surface area contributed by atoms with Gasteiger partial charge in [-0.05, 0) is 0 Å². The Labute approximate surface area is 293 Å². The van der Waals surface area contributed by atoms with E-state index in [1.165, 1.54) is 17.8 Å². The van der Waals surface area contributed by atoms with Gasteiger partial charge >= 0.3 is 296 Å². The molecule has 46 heavy (non-hydrogen) atoms. The molecule has 0 amide bonds. The van der Waals surface area contributed by atoms with E-state index in [-0.39, 0.29) is 59.8 Å². The fourth-order valence-corrected chi connectivity index (χ4v) is 13.2. The Kier molecular flexibility index (Phi) is 12.7. The molecule has 0 aliphatic carbocycles. The summed E-state index contributed by atoms with van der Waals surface area (Å²) in [5.74, 6) is -1.66. The summed E-state index contributed by atoms with van der Waals surface area (Å²) in [6.07, 6.45) is 0. The monoisotopic (exact) mass is 868 g/mol. The number of aromatic carboxylic acids is 2. The minimum atomic E-state index is -0.828. The molecular weight excluding hydrogens is 836 g/mol. The van der Waals surface area contributed by atoms with Crippen molar-refractivity contribution < 1.29 is 19.8 Å². The second kappa shape index (κ2) is 17.3. The van der Waals surface area contributed by atoms with Gasteiger partial charge in [0.05, 0.1) is 0 Å². The van der Waals surface area contributed by atoms with Crippen molar-refractivity contribution in [3.8, 4) is 0 Å². The van der Waals surface area contributed by atoms with Gasteiger partial charge in [-0.1, -0.05) is 0 Å². The Morgan fingerprint density at radius 1 is 0.326 bits per heavy atom. The summed E-state index contributed by atoms with van der Waals surface area (Å²) in [4.78, 5) is 23.7. The first-order chi connectivity index (χ1) is 22.5. The van der Waals surface area contributed by atoms with Gasteiger partial charge in [0.2, 0.25) is 0 Å². The van der Waals surface area contributed by atoms with E-state index in [2.05, 4.69) is 48.5 Å². The van der Waals surface area contributed by atoms with Crippen molar-refractivity contribution in [2.75, 3.05) is 0 Å². The fraction of sp³-hybridized carbons (Fsp3) is 0. The first-order valence-electron chi connectivity index (χ1n) is 14.1. The summed E-state index contributed by atoms with van der Waals surface area (Å²) in [6, 6.07) is 52.1. The van der Waals surface area contributed by atoms with Crippen LogP contribution < -0.4 is 35.7 Å². The molecule has 2 N–H and O–H groups in total. The summed E-state index contributed by atoms with van der Waals surface area (Å²) >= 11 is -0.00888. The van der Waals surface area contributed by atoms with E-state index >= 15 is 0 Å². The van der Waals surface area contributed by atoms with E-state index in [0.717, 1.165) is 17.8 Å². The Morgan fingerprint density at radius 3 is 0.739 bits per heavy atom. The predicted molar refractivity (Wildman–Crippen MR) is 193 cm³/mol. The van der Waals surface area contributed by atoms with E-state index in [9.17, 15) is 19.8 Å². The second-order valence-electron chi connectivity index (χ2n) is 9.53. The third kappa shape index (κ3) is 9.67. The van der Waals surface area contributed by atoms with Crippen LogP contribution in [0.2, 0.25) is 0 Å². The molecule has 8 heteroatoms. The molecule has 0 aliphatic heterocycles. The van der Waals surface area contributed by atoms with Gasteiger partial charge in [0.15, 0.2) is 0 Å². The predicted octanol–water partition coefficient (Wildman–Crippen LogP) is 1.39. The number of hydrogen-bond donors (Lipinski definition) is 2. The molecule has 0 saturated heterocycles. The van der Waals surface area contributed by atoms with E-state index < -0.39 is 11.9 Å². The zero-order chi connectivity index (χ0) is 32.1. The van der Waals surface area contributed by atoms with E-state index in [1.807, 2.05) is 109 Å². The Balaban J connectivity index is 0.000000181. The van der Waals surface area contributed by atoms with Gasteiger partial charge < -0.3 is 0 Å². The van der Waals surface area contributed by atoms with Crippen LogP contribution in [0.5, 0.6) is 0 Å². The average Bonchev–Trinajstić information content (AvgIpc) is 3.07. The molecule has 0 unspecified atom stereocenters. The molecule has 0 atom stereocenters. The quantitative estimate of drug-likeness (QED) is 0.205. The first kappa shape index (κ1) is 33.7. The van der Waals surface area contributed by atoms with Crippen molar-refractivity contribution in [3.05, 3.63) is 169 Å². The second-order valence-corrected chi connectivity index (χ2v) is 18.9. The Morgan fingerprint density at radius 2 is 0.543 bits per heavy atom. The number of carboxylic acids is 2. The van der Waals surface area contributed by atoms with Gasteiger partial charge in [-0.15, -0.1) is 0 Å². The van der Waals surface area contributed by atoms with Crippen LogP contribution in [0.1, 0.15) is 20.7 Å². The van der Waals surface area contributed by atoms with E-state index in [0.29, 0.717) is 11.1 Å². The number of hydrogen-bond acceptors (Lipinski definition) is 2. The normalized spacial score (nSPS) is 10.4. The van der Waals surface area contributed by atoms with Gasteiger partial charge in [-0.25, -0.2) is 0 Å². The fourth-order valence-electron chi connectivity index (χ4n) is 4.25. The van der Waals surface area contributed by atoms with Crippen LogP contribution in [0.3, 0.4) is 0 Å². The SMILES string of the molecule is O=C(O)c1c([Se]c2ccccc2)cccc1[Se]c1ccccc1.O=C(O)c1c([Se]c2ccccc2)cccc1[Se]c1ccccc1. The van der Waals surface area contributed by atoms with Gasteiger partial charge in [-0.3, -0.25) is 0 Å². The summed E-state index contributed by atoms with van der Waals surface area (Å²) < 4.78 is 8.49. The standard InChI is InChI=1S/2C19H14O2Se2/c2*20-19(21)18-16(22-14-8-3-1-4-9-14)12-7-13-17(18)23-15-10-5-2-6-11-15/h2*1-13H,(H,20,21). The number of carbonyl (C=O) groups is 2. The molecule has 4 nitrogen and oxygen atoms in total. The number of rotatable bonds is 10. The maximum absolute atomic E-state index is 11.8. The summed E-state index contributed by atoms with van der Waals surface area (Å²) in [6.45, 7) is 0. The van der Waals surface area contributed by atoms with Crippen LogP contribution in [-0.2, 0) is 0 Å². The molecule has 0 saturated carbocycles. The molecular formula is C38H28O4Se4. The molecule has 228 valence electrons. The summed E-state index contributed by atoms with van der Waals surface area (Å²) in [5.41, 5.74) is 0.973. The average molecular weight is 864 g/mol. The van der Waals surface area contributed by atoms with Crippen LogP contribution in [0.15, 0.2) is 158 Å². The van der Waals surface area contributed by atoms with Crippen molar-refractivity contribution in [2.45, 2.75) is 0 Å². The Bertz CT molecular complexity index is 1630. The summed E-state index contributed by atoms with van der Waals surface area (Å²) in [5, 5.41) is 19.4. The molecule has 0 heterocycles. The summed E-state index contributed by atoms with van der Waals surface area (Å²) in [7, 11) is 0. The molecule has 0 bridgehead atoms. The molecule has 0 aromatic heterocycles. The van der Waals surface area contributed by atoms with Crippen LogP contribution in [-0.4, -0.2) is 82.0 Å². The molecule has 0 spiro atoms. The van der Waals surface area contributed by atoms with Crippen molar-refractivity contribution in [1.29, 1.82) is 0 Å². The van der Waals surface area contributed by atoms with E-state index in [1.54, 1.807) is 0 Å². The number of benzene rings is 6. The molecule has 0 aliphatic rings. The van der Waals surface area contributed by atoms with Crippen molar-refractivity contribution in [1.82, 2.24) is 0 Å². The molecule has 6 aromatic rings. The van der Waals surface area contributed by atoms with Crippen LogP contribution in [0.25, 0.3) is 0 Å². The molecule has 6 rings (SSSR count). The maximum atomic E-state index is 11.8. The van der Waals surface area contributed by atoms with Crippen molar-refractivity contribution in [3.63, 3.8) is 0 Å². The molecule has 0 fully saturated rings. The van der Waals surface area contributed by atoms with Crippen molar-refractivity contribution >= 4 is 107 Å². The van der Waals surface area contributed by atoms with Crippen molar-refractivity contribution in [2.24, 2.45) is 0 Å². The van der Waals surface area contributed by atoms with Gasteiger partial charge in [0.1, 0.15) is 0 Å². The van der Waals surface area contributed by atoms with Crippen LogP contribution >= 0.6 is 0 Å². The third-order valence-electron chi connectivity index (χ3n) is 6.29. The van der Waals surface area contributed by atoms with Gasteiger partial charge in [0, 0.05) is 0 Å². The topological polar surface area (TPSA) is 74.6 Å².